The Bertz CT molecular complexity index is 625. The summed E-state index contributed by atoms with van der Waals surface area (Å²) < 4.78 is 29.4. The van der Waals surface area contributed by atoms with Crippen molar-refractivity contribution in [3.63, 3.8) is 0 Å². The molecule has 5 heteroatoms. The maximum Gasteiger partial charge on any atom is 0.134 e. The first-order chi connectivity index (χ1) is 9.45. The molecule has 0 aliphatic rings. The Hall–Kier alpha value is -0.780. The van der Waals surface area contributed by atoms with Gasteiger partial charge in [-0.05, 0) is 54.0 Å². The van der Waals surface area contributed by atoms with Gasteiger partial charge in [-0.3, -0.25) is 0 Å². The molecule has 1 heterocycles. The maximum atomic E-state index is 14.4. The predicted molar refractivity (Wildman–Crippen MR) is 83.4 cm³/mol. The second-order valence-corrected chi connectivity index (χ2v) is 6.79. The van der Waals surface area contributed by atoms with Gasteiger partial charge >= 0.3 is 0 Å². The molecular weight excluding hydrogens is 344 g/mol. The van der Waals surface area contributed by atoms with Gasteiger partial charge in [0, 0.05) is 19.8 Å². The first kappa shape index (κ1) is 15.6. The highest BCUT2D eigenvalue weighted by Gasteiger charge is 2.25. The molecule has 1 aromatic carbocycles. The lowest BCUT2D eigenvalue weighted by Crippen LogP contribution is -2.24. The van der Waals surface area contributed by atoms with Crippen LogP contribution in [0.25, 0.3) is 0 Å². The van der Waals surface area contributed by atoms with Crippen LogP contribution in [0.15, 0.2) is 22.7 Å². The standard InChI is InChI=1S/C15H16BrF2NS/c1-4-19-14(15-10(16)7-9(3)20-15)12-11(17)6-5-8(2)13(12)18/h5-7,14,19H,4H2,1-3H3. The SMILES string of the molecule is CCNC(c1sc(C)cc1Br)c1c(F)ccc(C)c1F. The van der Waals surface area contributed by atoms with Gasteiger partial charge in [0.2, 0.25) is 0 Å². The van der Waals surface area contributed by atoms with Gasteiger partial charge in [-0.1, -0.05) is 13.0 Å². The van der Waals surface area contributed by atoms with Crippen molar-refractivity contribution in [2.45, 2.75) is 26.8 Å². The Morgan fingerprint density at radius 3 is 2.55 bits per heavy atom. The Labute approximate surface area is 130 Å². The molecule has 1 unspecified atom stereocenters. The summed E-state index contributed by atoms with van der Waals surface area (Å²) in [6.45, 7) is 6.18. The average Bonchev–Trinajstić information content (AvgIpc) is 2.72. The third-order valence-corrected chi connectivity index (χ3v) is 5.15. The van der Waals surface area contributed by atoms with Crippen molar-refractivity contribution in [3.05, 3.63) is 55.2 Å². The van der Waals surface area contributed by atoms with E-state index in [1.165, 1.54) is 23.5 Å². The summed E-state index contributed by atoms with van der Waals surface area (Å²) in [5, 5.41) is 3.18. The van der Waals surface area contributed by atoms with E-state index in [1.807, 2.05) is 19.9 Å². The van der Waals surface area contributed by atoms with Crippen molar-refractivity contribution in [2.24, 2.45) is 0 Å². The molecule has 0 amide bonds. The monoisotopic (exact) mass is 359 g/mol. The van der Waals surface area contributed by atoms with E-state index in [0.717, 1.165) is 14.2 Å². The Morgan fingerprint density at radius 2 is 2.00 bits per heavy atom. The lowest BCUT2D eigenvalue weighted by Gasteiger charge is -2.20. The molecule has 1 aromatic heterocycles. The average molecular weight is 360 g/mol. The zero-order valence-corrected chi connectivity index (χ0v) is 14.0. The summed E-state index contributed by atoms with van der Waals surface area (Å²) in [5.74, 6) is -0.995. The number of hydrogen-bond acceptors (Lipinski definition) is 2. The van der Waals surface area contributed by atoms with Crippen molar-refractivity contribution in [1.82, 2.24) is 5.32 Å². The van der Waals surface area contributed by atoms with E-state index < -0.39 is 17.7 Å². The number of benzene rings is 1. The van der Waals surface area contributed by atoms with Gasteiger partial charge in [0.15, 0.2) is 0 Å². The van der Waals surface area contributed by atoms with Crippen molar-refractivity contribution in [1.29, 1.82) is 0 Å². The highest BCUT2D eigenvalue weighted by atomic mass is 79.9. The molecule has 2 aromatic rings. The van der Waals surface area contributed by atoms with Crippen LogP contribution in [0, 0.1) is 25.5 Å². The number of nitrogens with one attached hydrogen (secondary N) is 1. The molecule has 0 aliphatic heterocycles. The van der Waals surface area contributed by atoms with Gasteiger partial charge in [-0.15, -0.1) is 11.3 Å². The first-order valence-corrected chi connectivity index (χ1v) is 8.00. The Balaban J connectivity index is 2.60. The molecule has 20 heavy (non-hydrogen) atoms. The second kappa shape index (κ2) is 6.33. The molecule has 2 rings (SSSR count). The van der Waals surface area contributed by atoms with Crippen LogP contribution in [-0.2, 0) is 0 Å². The molecular formula is C15H16BrF2NS. The lowest BCUT2D eigenvalue weighted by atomic mass is 10.0. The van der Waals surface area contributed by atoms with Crippen molar-refractivity contribution in [3.8, 4) is 0 Å². The maximum absolute atomic E-state index is 14.4. The third kappa shape index (κ3) is 2.95. The first-order valence-electron chi connectivity index (χ1n) is 6.39. The summed E-state index contributed by atoms with van der Waals surface area (Å²) in [6, 6.07) is 4.28. The van der Waals surface area contributed by atoms with Crippen LogP contribution in [0.3, 0.4) is 0 Å². The van der Waals surface area contributed by atoms with Gasteiger partial charge in [-0.25, -0.2) is 8.78 Å². The minimum atomic E-state index is -0.517. The summed E-state index contributed by atoms with van der Waals surface area (Å²) in [4.78, 5) is 2.00. The fraction of sp³-hybridized carbons (Fsp3) is 0.333. The topological polar surface area (TPSA) is 12.0 Å². The highest BCUT2D eigenvalue weighted by molar-refractivity contribution is 9.10. The van der Waals surface area contributed by atoms with Crippen LogP contribution >= 0.6 is 27.3 Å². The molecule has 0 fully saturated rings. The number of hydrogen-bond donors (Lipinski definition) is 1. The van der Waals surface area contributed by atoms with Crippen LogP contribution in [0.4, 0.5) is 8.78 Å². The number of rotatable bonds is 4. The fourth-order valence-electron chi connectivity index (χ4n) is 2.17. The summed E-state index contributed by atoms with van der Waals surface area (Å²) in [7, 11) is 0. The van der Waals surface area contributed by atoms with E-state index in [4.69, 9.17) is 0 Å². The normalized spacial score (nSPS) is 12.7. The summed E-state index contributed by atoms with van der Waals surface area (Å²) >= 11 is 5.02. The largest absolute Gasteiger partial charge is 0.306 e. The lowest BCUT2D eigenvalue weighted by molar-refractivity contribution is 0.509. The summed E-state index contributed by atoms with van der Waals surface area (Å²) in [5.41, 5.74) is 0.545. The minimum absolute atomic E-state index is 0.0920. The smallest absolute Gasteiger partial charge is 0.134 e. The molecule has 108 valence electrons. The van der Waals surface area contributed by atoms with Crippen LogP contribution in [0.2, 0.25) is 0 Å². The van der Waals surface area contributed by atoms with E-state index in [0.29, 0.717) is 12.1 Å². The quantitative estimate of drug-likeness (QED) is 0.800. The second-order valence-electron chi connectivity index (χ2n) is 4.65. The van der Waals surface area contributed by atoms with Gasteiger partial charge in [0.05, 0.1) is 6.04 Å². The molecule has 0 bridgehead atoms. The minimum Gasteiger partial charge on any atom is -0.306 e. The van der Waals surface area contributed by atoms with Crippen LogP contribution in [0.5, 0.6) is 0 Å². The predicted octanol–water partition coefficient (Wildman–Crippen LogP) is 5.10. The van der Waals surface area contributed by atoms with Crippen LogP contribution < -0.4 is 5.32 Å². The van der Waals surface area contributed by atoms with Crippen LogP contribution in [0.1, 0.15) is 33.8 Å². The number of aryl methyl sites for hydroxylation is 2. The molecule has 1 atom stereocenters. The molecule has 0 saturated heterocycles. The van der Waals surface area contributed by atoms with E-state index in [-0.39, 0.29) is 5.56 Å². The Morgan fingerprint density at radius 1 is 1.30 bits per heavy atom. The zero-order chi connectivity index (χ0) is 14.9. The van der Waals surface area contributed by atoms with E-state index in [2.05, 4.69) is 21.2 Å². The van der Waals surface area contributed by atoms with Crippen molar-refractivity contribution >= 4 is 27.3 Å². The molecule has 0 aliphatic carbocycles. The molecule has 1 nitrogen and oxygen atoms in total. The van der Waals surface area contributed by atoms with Gasteiger partial charge in [-0.2, -0.15) is 0 Å². The Kier molecular flexibility index (Phi) is 4.94. The van der Waals surface area contributed by atoms with E-state index in [9.17, 15) is 8.78 Å². The van der Waals surface area contributed by atoms with E-state index in [1.54, 1.807) is 6.92 Å². The highest BCUT2D eigenvalue weighted by Crippen LogP contribution is 2.37. The molecule has 0 radical (unpaired) electrons. The summed E-state index contributed by atoms with van der Waals surface area (Å²) in [6.07, 6.45) is 0. The zero-order valence-electron chi connectivity index (χ0n) is 11.6. The molecule has 0 saturated carbocycles. The molecule has 0 spiro atoms. The van der Waals surface area contributed by atoms with E-state index >= 15 is 0 Å². The van der Waals surface area contributed by atoms with Crippen LogP contribution in [-0.4, -0.2) is 6.54 Å². The van der Waals surface area contributed by atoms with Gasteiger partial charge in [0.1, 0.15) is 11.6 Å². The fourth-order valence-corrected chi connectivity index (χ4v) is 4.14. The van der Waals surface area contributed by atoms with Crippen molar-refractivity contribution in [2.75, 3.05) is 6.54 Å². The number of halogens is 3. The van der Waals surface area contributed by atoms with Gasteiger partial charge in [0.25, 0.3) is 0 Å². The van der Waals surface area contributed by atoms with Crippen molar-refractivity contribution < 1.29 is 8.78 Å². The van der Waals surface area contributed by atoms with Gasteiger partial charge < -0.3 is 5.32 Å². The molecule has 1 N–H and O–H groups in total. The number of thiophene rings is 1. The third-order valence-electron chi connectivity index (χ3n) is 3.12.